The first-order valence-corrected chi connectivity index (χ1v) is 13.2. The molecule has 3 N–H and O–H groups in total. The lowest BCUT2D eigenvalue weighted by Crippen LogP contribution is -2.07. The predicted molar refractivity (Wildman–Crippen MR) is 142 cm³/mol. The quantitative estimate of drug-likeness (QED) is 0.249. The van der Waals surface area contributed by atoms with Crippen molar-refractivity contribution < 1.29 is 23.2 Å². The second kappa shape index (κ2) is 9.80. The van der Waals surface area contributed by atoms with E-state index in [9.17, 15) is 23.2 Å². The molecule has 0 amide bonds. The summed E-state index contributed by atoms with van der Waals surface area (Å²) in [4.78, 5) is -0.297. The predicted octanol–water partition coefficient (Wildman–Crippen LogP) is 6.93. The summed E-state index contributed by atoms with van der Waals surface area (Å²) in [5, 5.41) is 22.0. The number of phenols is 2. The van der Waals surface area contributed by atoms with Crippen LogP contribution in [-0.4, -0.2) is 23.2 Å². The van der Waals surface area contributed by atoms with Gasteiger partial charge in [-0.3, -0.25) is 4.55 Å². The molecular weight excluding hydrogens is 472 g/mol. The van der Waals surface area contributed by atoms with Gasteiger partial charge in [-0.2, -0.15) is 8.42 Å². The number of benzene rings is 4. The minimum atomic E-state index is -4.59. The number of phenolic OH excluding ortho intramolecular Hbond substituents is 2. The first-order chi connectivity index (χ1) is 17.0. The second-order valence-electron chi connectivity index (χ2n) is 9.28. The second-order valence-corrected chi connectivity index (χ2v) is 10.7. The van der Waals surface area contributed by atoms with Gasteiger partial charge in [0.15, 0.2) is 0 Å². The fourth-order valence-electron chi connectivity index (χ4n) is 4.83. The maximum Gasteiger partial charge on any atom is 0.294 e. The molecule has 0 aliphatic heterocycles. The van der Waals surface area contributed by atoms with E-state index in [4.69, 9.17) is 0 Å². The molecule has 4 rings (SSSR count). The van der Waals surface area contributed by atoms with Crippen molar-refractivity contribution in [1.29, 1.82) is 0 Å². The zero-order chi connectivity index (χ0) is 26.2. The average molecular weight is 503 g/mol. The highest BCUT2D eigenvalue weighted by molar-refractivity contribution is 7.85. The number of hydrogen-bond donors (Lipinski definition) is 3. The first kappa shape index (κ1) is 25.5. The van der Waals surface area contributed by atoms with Gasteiger partial charge in [0, 0.05) is 28.5 Å². The summed E-state index contributed by atoms with van der Waals surface area (Å²) >= 11 is 0. The summed E-state index contributed by atoms with van der Waals surface area (Å²) in [6, 6.07) is 24.4. The minimum absolute atomic E-state index is 0.0845. The van der Waals surface area contributed by atoms with Gasteiger partial charge in [0.2, 0.25) is 0 Å². The summed E-state index contributed by atoms with van der Waals surface area (Å²) in [6.07, 6.45) is 0. The Morgan fingerprint density at radius 1 is 0.694 bits per heavy atom. The van der Waals surface area contributed by atoms with E-state index in [-0.39, 0.29) is 33.4 Å². The zero-order valence-electron chi connectivity index (χ0n) is 20.7. The molecule has 4 aromatic carbocycles. The van der Waals surface area contributed by atoms with Crippen molar-refractivity contribution in [3.05, 3.63) is 112 Å². The van der Waals surface area contributed by atoms with E-state index >= 15 is 0 Å². The Kier molecular flexibility index (Phi) is 6.94. The molecule has 0 aromatic heterocycles. The SMILES string of the molecule is Cc1cccc(O)c1-c1c(C)c(S(=O)(=O)O)cc(C(C)c2ccc(C(C)c3ccccc3)cc2)c1O. The Morgan fingerprint density at radius 3 is 1.81 bits per heavy atom. The van der Waals surface area contributed by atoms with Crippen molar-refractivity contribution in [2.45, 2.75) is 44.4 Å². The fourth-order valence-corrected chi connectivity index (χ4v) is 5.60. The zero-order valence-corrected chi connectivity index (χ0v) is 21.5. The van der Waals surface area contributed by atoms with Gasteiger partial charge in [-0.25, -0.2) is 0 Å². The van der Waals surface area contributed by atoms with Crippen LogP contribution in [0.25, 0.3) is 11.1 Å². The number of aryl methyl sites for hydroxylation is 1. The molecule has 5 nitrogen and oxygen atoms in total. The van der Waals surface area contributed by atoms with Gasteiger partial charge >= 0.3 is 0 Å². The highest BCUT2D eigenvalue weighted by Gasteiger charge is 2.27. The molecule has 6 heteroatoms. The third kappa shape index (κ3) is 4.74. The molecule has 0 saturated heterocycles. The third-order valence-corrected chi connectivity index (χ3v) is 8.00. The molecule has 0 spiro atoms. The van der Waals surface area contributed by atoms with Gasteiger partial charge < -0.3 is 10.2 Å². The smallest absolute Gasteiger partial charge is 0.294 e. The summed E-state index contributed by atoms with van der Waals surface area (Å²) in [6.45, 7) is 7.29. The molecule has 4 aromatic rings. The van der Waals surface area contributed by atoms with E-state index in [0.29, 0.717) is 16.7 Å². The van der Waals surface area contributed by atoms with Crippen molar-refractivity contribution in [3.63, 3.8) is 0 Å². The van der Waals surface area contributed by atoms with Crippen LogP contribution >= 0.6 is 0 Å². The molecule has 0 aliphatic rings. The van der Waals surface area contributed by atoms with E-state index in [1.807, 2.05) is 49.4 Å². The van der Waals surface area contributed by atoms with Gasteiger partial charge in [-0.1, -0.05) is 80.6 Å². The fraction of sp³-hybridized carbons (Fsp3) is 0.200. The van der Waals surface area contributed by atoms with E-state index in [1.165, 1.54) is 24.6 Å². The van der Waals surface area contributed by atoms with Crippen molar-refractivity contribution in [1.82, 2.24) is 0 Å². The summed E-state index contributed by atoms with van der Waals surface area (Å²) < 4.78 is 34.6. The monoisotopic (exact) mass is 502 g/mol. The van der Waals surface area contributed by atoms with Crippen LogP contribution in [0.4, 0.5) is 0 Å². The summed E-state index contributed by atoms with van der Waals surface area (Å²) in [5.74, 6) is -0.403. The van der Waals surface area contributed by atoms with Crippen molar-refractivity contribution in [2.75, 3.05) is 0 Å². The van der Waals surface area contributed by atoms with Crippen LogP contribution < -0.4 is 0 Å². The molecule has 36 heavy (non-hydrogen) atoms. The number of aromatic hydroxyl groups is 2. The third-order valence-electron chi connectivity index (χ3n) is 7.02. The average Bonchev–Trinajstić information content (AvgIpc) is 2.85. The molecular formula is C30H30O5S. The summed E-state index contributed by atoms with van der Waals surface area (Å²) in [7, 11) is -4.59. The van der Waals surface area contributed by atoms with Crippen LogP contribution in [0.15, 0.2) is 83.8 Å². The van der Waals surface area contributed by atoms with Gasteiger partial charge in [0.25, 0.3) is 10.1 Å². The van der Waals surface area contributed by atoms with E-state index in [2.05, 4.69) is 19.1 Å². The lowest BCUT2D eigenvalue weighted by molar-refractivity contribution is 0.460. The molecule has 186 valence electrons. The van der Waals surface area contributed by atoms with E-state index in [0.717, 1.165) is 11.1 Å². The molecule has 0 fully saturated rings. The van der Waals surface area contributed by atoms with Gasteiger partial charge in [-0.05, 0) is 53.8 Å². The number of rotatable bonds is 6. The standard InChI is InChI=1S/C30H30O5S/c1-18-9-8-12-26(31)28(18)29-21(4)27(36(33,34)35)17-25(30(29)32)20(3)24-15-13-23(14-16-24)19(2)22-10-6-5-7-11-22/h5-17,19-20,31-32H,1-4H3,(H,33,34,35). The molecule has 0 aliphatic carbocycles. The van der Waals surface area contributed by atoms with E-state index < -0.39 is 16.0 Å². The minimum Gasteiger partial charge on any atom is -0.507 e. The largest absolute Gasteiger partial charge is 0.507 e. The van der Waals surface area contributed by atoms with Gasteiger partial charge in [0.05, 0.1) is 4.90 Å². The van der Waals surface area contributed by atoms with Gasteiger partial charge in [-0.15, -0.1) is 0 Å². The number of hydrogen-bond acceptors (Lipinski definition) is 4. The molecule has 2 unspecified atom stereocenters. The maximum atomic E-state index is 12.3. The van der Waals surface area contributed by atoms with Crippen molar-refractivity contribution in [3.8, 4) is 22.6 Å². The molecule has 0 heterocycles. The normalized spacial score (nSPS) is 13.4. The molecule has 2 atom stereocenters. The Morgan fingerprint density at radius 2 is 1.25 bits per heavy atom. The maximum absolute atomic E-state index is 12.3. The van der Waals surface area contributed by atoms with Crippen LogP contribution in [0.5, 0.6) is 11.5 Å². The lowest BCUT2D eigenvalue weighted by atomic mass is 9.85. The van der Waals surface area contributed by atoms with Gasteiger partial charge in [0.1, 0.15) is 11.5 Å². The topological polar surface area (TPSA) is 94.8 Å². The molecule has 0 saturated carbocycles. The van der Waals surface area contributed by atoms with Crippen molar-refractivity contribution in [2.24, 2.45) is 0 Å². The van der Waals surface area contributed by atoms with Crippen LogP contribution in [0, 0.1) is 13.8 Å². The van der Waals surface area contributed by atoms with Crippen LogP contribution in [0.3, 0.4) is 0 Å². The Hall–Kier alpha value is -3.61. The highest BCUT2D eigenvalue weighted by Crippen LogP contribution is 2.46. The molecule has 0 bridgehead atoms. The summed E-state index contributed by atoms with van der Waals surface area (Å²) in [5.41, 5.74) is 4.91. The Bertz CT molecular complexity index is 1490. The Labute approximate surface area is 212 Å². The van der Waals surface area contributed by atoms with Crippen molar-refractivity contribution >= 4 is 10.1 Å². The van der Waals surface area contributed by atoms with Crippen LogP contribution in [0.1, 0.15) is 59.1 Å². The molecule has 0 radical (unpaired) electrons. The lowest BCUT2D eigenvalue weighted by Gasteiger charge is -2.22. The Balaban J connectivity index is 1.84. The highest BCUT2D eigenvalue weighted by atomic mass is 32.2. The van der Waals surface area contributed by atoms with E-state index in [1.54, 1.807) is 19.1 Å². The first-order valence-electron chi connectivity index (χ1n) is 11.8. The van der Waals surface area contributed by atoms with Crippen LogP contribution in [-0.2, 0) is 10.1 Å². The van der Waals surface area contributed by atoms with Crippen LogP contribution in [0.2, 0.25) is 0 Å².